The molecule has 2 fully saturated rings. The van der Waals surface area contributed by atoms with Crippen molar-refractivity contribution in [3.05, 3.63) is 24.0 Å². The highest BCUT2D eigenvalue weighted by Crippen LogP contribution is 2.29. The Balaban J connectivity index is 1.57. The van der Waals surface area contributed by atoms with Crippen LogP contribution in [0.15, 0.2) is 18.2 Å². The van der Waals surface area contributed by atoms with Gasteiger partial charge in [0.2, 0.25) is 0 Å². The SMILES string of the molecule is O=C1O[C@@H](CCNC(=O)C(F)(F)F)CN1c1ccc(N2CCOCC2)c(F)c1. The number of cyclic esters (lactones) is 1. The zero-order valence-corrected chi connectivity index (χ0v) is 14.8. The standard InChI is InChI=1S/C17H19F4N3O4/c18-13-9-11(1-2-14(13)23-5-7-27-8-6-23)24-10-12(28-16(24)26)3-4-22-15(25)17(19,20)21/h1-2,9,12H,3-8,10H2,(H,22,25)/t12-/m0/s1. The van der Waals surface area contributed by atoms with Crippen molar-refractivity contribution in [1.82, 2.24) is 5.32 Å². The molecule has 154 valence electrons. The van der Waals surface area contributed by atoms with Crippen molar-refractivity contribution >= 4 is 23.4 Å². The fourth-order valence-corrected chi connectivity index (χ4v) is 3.05. The number of carbonyl (C=O) groups excluding carboxylic acids is 2. The van der Waals surface area contributed by atoms with Crippen LogP contribution in [0.25, 0.3) is 0 Å². The lowest BCUT2D eigenvalue weighted by atomic mass is 10.2. The van der Waals surface area contributed by atoms with E-state index in [0.717, 1.165) is 0 Å². The summed E-state index contributed by atoms with van der Waals surface area (Å²) in [7, 11) is 0. The van der Waals surface area contributed by atoms with Crippen LogP contribution in [0.5, 0.6) is 0 Å². The van der Waals surface area contributed by atoms with Crippen LogP contribution in [0, 0.1) is 5.82 Å². The fourth-order valence-electron chi connectivity index (χ4n) is 3.05. The molecule has 2 aliphatic heterocycles. The Morgan fingerprint density at radius 3 is 2.61 bits per heavy atom. The van der Waals surface area contributed by atoms with Crippen LogP contribution in [0.1, 0.15) is 6.42 Å². The molecule has 2 aliphatic rings. The third kappa shape index (κ3) is 4.64. The number of alkyl halides is 3. The zero-order valence-electron chi connectivity index (χ0n) is 14.8. The average Bonchev–Trinajstić information content (AvgIpc) is 3.02. The first kappa shape index (κ1) is 20.2. The smallest absolute Gasteiger partial charge is 0.444 e. The summed E-state index contributed by atoms with van der Waals surface area (Å²) >= 11 is 0. The van der Waals surface area contributed by atoms with Crippen molar-refractivity contribution in [3.8, 4) is 0 Å². The molecule has 0 saturated carbocycles. The van der Waals surface area contributed by atoms with Crippen molar-refractivity contribution in [2.24, 2.45) is 0 Å². The molecule has 1 atom stereocenters. The van der Waals surface area contributed by atoms with Gasteiger partial charge in [0.15, 0.2) is 0 Å². The number of carbonyl (C=O) groups is 2. The molecule has 0 aliphatic carbocycles. The maximum Gasteiger partial charge on any atom is 0.471 e. The van der Waals surface area contributed by atoms with Crippen LogP contribution in [0.2, 0.25) is 0 Å². The molecule has 0 unspecified atom stereocenters. The number of benzene rings is 1. The summed E-state index contributed by atoms with van der Waals surface area (Å²) in [5.74, 6) is -2.54. The summed E-state index contributed by atoms with van der Waals surface area (Å²) in [6, 6.07) is 4.38. The molecule has 11 heteroatoms. The van der Waals surface area contributed by atoms with E-state index in [1.165, 1.54) is 11.0 Å². The lowest BCUT2D eigenvalue weighted by Gasteiger charge is -2.29. The number of ether oxygens (including phenoxy) is 2. The Hall–Kier alpha value is -2.56. The predicted octanol–water partition coefficient (Wildman–Crippen LogP) is 2.06. The number of nitrogens with zero attached hydrogens (tertiary/aromatic N) is 2. The fraction of sp³-hybridized carbons (Fsp3) is 0.529. The van der Waals surface area contributed by atoms with E-state index in [2.05, 4.69) is 0 Å². The van der Waals surface area contributed by atoms with Crippen molar-refractivity contribution in [1.29, 1.82) is 0 Å². The molecule has 2 saturated heterocycles. The van der Waals surface area contributed by atoms with Gasteiger partial charge in [-0.05, 0) is 18.2 Å². The molecule has 0 spiro atoms. The van der Waals surface area contributed by atoms with Gasteiger partial charge in [0.1, 0.15) is 11.9 Å². The predicted molar refractivity (Wildman–Crippen MR) is 90.7 cm³/mol. The van der Waals surface area contributed by atoms with Crippen LogP contribution in [0.4, 0.5) is 33.7 Å². The molecule has 3 rings (SSSR count). The van der Waals surface area contributed by atoms with Gasteiger partial charge >= 0.3 is 18.2 Å². The molecule has 1 N–H and O–H groups in total. The summed E-state index contributed by atoms with van der Waals surface area (Å²) in [5.41, 5.74) is 0.701. The van der Waals surface area contributed by atoms with Gasteiger partial charge in [0.25, 0.3) is 0 Å². The van der Waals surface area contributed by atoms with Gasteiger partial charge in [0.05, 0.1) is 31.1 Å². The lowest BCUT2D eigenvalue weighted by Crippen LogP contribution is -2.38. The first-order valence-corrected chi connectivity index (χ1v) is 8.71. The van der Waals surface area contributed by atoms with E-state index in [0.29, 0.717) is 37.7 Å². The number of nitrogens with one attached hydrogen (secondary N) is 1. The number of amides is 2. The first-order valence-electron chi connectivity index (χ1n) is 8.71. The van der Waals surface area contributed by atoms with Crippen molar-refractivity contribution in [2.75, 3.05) is 49.2 Å². The zero-order chi connectivity index (χ0) is 20.3. The number of morpholine rings is 1. The molecular weight excluding hydrogens is 386 g/mol. The van der Waals surface area contributed by atoms with Crippen molar-refractivity contribution < 1.29 is 36.6 Å². The molecule has 0 radical (unpaired) electrons. The number of rotatable bonds is 5. The van der Waals surface area contributed by atoms with Gasteiger partial charge in [-0.15, -0.1) is 0 Å². The molecule has 2 amide bonds. The Morgan fingerprint density at radius 2 is 1.96 bits per heavy atom. The Morgan fingerprint density at radius 1 is 1.25 bits per heavy atom. The quantitative estimate of drug-likeness (QED) is 0.760. The van der Waals surface area contributed by atoms with E-state index in [1.54, 1.807) is 17.4 Å². The molecule has 1 aromatic rings. The Kier molecular flexibility index (Phi) is 5.92. The highest BCUT2D eigenvalue weighted by molar-refractivity contribution is 5.90. The van der Waals surface area contributed by atoms with Crippen LogP contribution in [-0.2, 0) is 14.3 Å². The van der Waals surface area contributed by atoms with Crippen molar-refractivity contribution in [3.63, 3.8) is 0 Å². The van der Waals surface area contributed by atoms with E-state index in [1.807, 2.05) is 4.90 Å². The van der Waals surface area contributed by atoms with Gasteiger partial charge in [-0.1, -0.05) is 0 Å². The van der Waals surface area contributed by atoms with Gasteiger partial charge in [-0.3, -0.25) is 9.69 Å². The third-order valence-electron chi connectivity index (χ3n) is 4.48. The number of hydrogen-bond acceptors (Lipinski definition) is 5. The van der Waals surface area contributed by atoms with E-state index in [4.69, 9.17) is 9.47 Å². The van der Waals surface area contributed by atoms with Crippen LogP contribution in [-0.4, -0.2) is 63.7 Å². The Bertz CT molecular complexity index is 738. The topological polar surface area (TPSA) is 71.1 Å². The minimum Gasteiger partial charge on any atom is -0.444 e. The highest BCUT2D eigenvalue weighted by Gasteiger charge is 2.39. The van der Waals surface area contributed by atoms with Gasteiger partial charge < -0.3 is 19.7 Å². The van der Waals surface area contributed by atoms with E-state index in [-0.39, 0.29) is 19.5 Å². The van der Waals surface area contributed by atoms with Gasteiger partial charge in [-0.2, -0.15) is 13.2 Å². The molecule has 1 aromatic carbocycles. The second-order valence-corrected chi connectivity index (χ2v) is 6.39. The van der Waals surface area contributed by atoms with Crippen LogP contribution >= 0.6 is 0 Å². The number of anilines is 2. The van der Waals surface area contributed by atoms with Crippen LogP contribution in [0.3, 0.4) is 0 Å². The maximum atomic E-state index is 14.5. The molecule has 0 aromatic heterocycles. The van der Waals surface area contributed by atoms with E-state index in [9.17, 15) is 27.2 Å². The van der Waals surface area contributed by atoms with Gasteiger partial charge in [-0.25, -0.2) is 9.18 Å². The number of hydrogen-bond donors (Lipinski definition) is 1. The van der Waals surface area contributed by atoms with Gasteiger partial charge in [0, 0.05) is 26.1 Å². The molecular formula is C17H19F4N3O4. The summed E-state index contributed by atoms with van der Waals surface area (Å²) in [6.45, 7) is 1.89. The average molecular weight is 405 g/mol. The summed E-state index contributed by atoms with van der Waals surface area (Å²) in [6.07, 6.45) is -6.37. The third-order valence-corrected chi connectivity index (χ3v) is 4.48. The van der Waals surface area contributed by atoms with Crippen molar-refractivity contribution in [2.45, 2.75) is 18.7 Å². The molecule has 28 heavy (non-hydrogen) atoms. The minimum atomic E-state index is -4.96. The number of halogens is 4. The molecule has 0 bridgehead atoms. The molecule has 2 heterocycles. The largest absolute Gasteiger partial charge is 0.471 e. The van der Waals surface area contributed by atoms with E-state index >= 15 is 0 Å². The summed E-state index contributed by atoms with van der Waals surface area (Å²) in [4.78, 5) is 25.9. The minimum absolute atomic E-state index is 0.0123. The second kappa shape index (κ2) is 8.21. The molecule has 7 nitrogen and oxygen atoms in total. The summed E-state index contributed by atoms with van der Waals surface area (Å²) < 4.78 is 61.3. The van der Waals surface area contributed by atoms with Crippen LogP contribution < -0.4 is 15.1 Å². The normalized spacial score (nSPS) is 20.3. The highest BCUT2D eigenvalue weighted by atomic mass is 19.4. The maximum absolute atomic E-state index is 14.5. The Labute approximate surface area is 158 Å². The summed E-state index contributed by atoms with van der Waals surface area (Å²) in [5, 5.41) is 1.72. The lowest BCUT2D eigenvalue weighted by molar-refractivity contribution is -0.173. The first-order chi connectivity index (χ1) is 13.3. The second-order valence-electron chi connectivity index (χ2n) is 6.39. The van der Waals surface area contributed by atoms with E-state index < -0.39 is 30.1 Å². The monoisotopic (exact) mass is 405 g/mol.